The van der Waals surface area contributed by atoms with E-state index in [4.69, 9.17) is 52.8 Å². The number of carbonyl (C=O) groups is 1. The van der Waals surface area contributed by atoms with E-state index in [2.05, 4.69) is 0 Å². The number of rotatable bonds is 7. The summed E-state index contributed by atoms with van der Waals surface area (Å²) in [6, 6.07) is -5.49. The van der Waals surface area contributed by atoms with Crippen LogP contribution in [0, 0.1) is 17.7 Å². The molecule has 0 spiro atoms. The van der Waals surface area contributed by atoms with Crippen molar-refractivity contribution in [1.29, 1.82) is 0 Å². The lowest BCUT2D eigenvalue weighted by Crippen LogP contribution is -2.51. The van der Waals surface area contributed by atoms with Crippen LogP contribution in [0.25, 0.3) is 0 Å². The molecule has 30 heavy (non-hydrogen) atoms. The fourth-order valence-corrected chi connectivity index (χ4v) is 3.26. The summed E-state index contributed by atoms with van der Waals surface area (Å²) in [6.07, 6.45) is -11.2. The quantitative estimate of drug-likeness (QED) is 0.650. The van der Waals surface area contributed by atoms with Crippen molar-refractivity contribution in [2.75, 3.05) is 27.2 Å². The number of benzene rings is 1. The van der Waals surface area contributed by atoms with Gasteiger partial charge >= 0.3 is 5.97 Å². The number of methoxy groups -OCH3 is 2. The molecule has 0 aliphatic carbocycles. The van der Waals surface area contributed by atoms with Gasteiger partial charge in [0.1, 0.15) is 12.1 Å². The fraction of sp³-hybridized carbons (Fsp3) is 0.708. The molecule has 2 aliphatic rings. The summed E-state index contributed by atoms with van der Waals surface area (Å²) in [7, 11) is -2.19. The van der Waals surface area contributed by atoms with E-state index in [1.807, 2.05) is 0 Å². The van der Waals surface area contributed by atoms with E-state index in [0.717, 1.165) is 19.2 Å². The van der Waals surface area contributed by atoms with Crippen LogP contribution in [0.2, 0.25) is 0 Å². The third kappa shape index (κ3) is 4.75. The van der Waals surface area contributed by atoms with Crippen LogP contribution in [0.4, 0.5) is 0 Å². The molecule has 2 heterocycles. The molecule has 2 N–H and O–H groups in total. The minimum absolute atomic E-state index is 0.288. The molecule has 1 aromatic carbocycles. The first-order valence-electron chi connectivity index (χ1n) is 21.2. The van der Waals surface area contributed by atoms with Crippen LogP contribution in [-0.4, -0.2) is 50.2 Å². The molecule has 3 rings (SSSR count). The number of carbonyl (C=O) groups excluding carboxylic acids is 1. The topological polar surface area (TPSA) is 74.0 Å². The van der Waals surface area contributed by atoms with Crippen molar-refractivity contribution in [2.45, 2.75) is 64.7 Å². The van der Waals surface area contributed by atoms with Crippen LogP contribution in [0.15, 0.2) is 12.1 Å². The summed E-state index contributed by atoms with van der Waals surface area (Å²) < 4.78 is 220. The Morgan fingerprint density at radius 1 is 1.40 bits per heavy atom. The van der Waals surface area contributed by atoms with Crippen LogP contribution >= 0.6 is 0 Å². The Hall–Kier alpha value is -1.79. The normalized spacial score (nSPS) is 47.3. The summed E-state index contributed by atoms with van der Waals surface area (Å²) in [6.45, 7) is -21.2. The predicted octanol–water partition coefficient (Wildman–Crippen LogP) is 3.56. The molecule has 1 saturated heterocycles. The molecule has 0 bridgehead atoms. The number of fused-ring (bicyclic) bond motifs is 3. The Balaban J connectivity index is 2.48. The Morgan fingerprint density at radius 2 is 2.20 bits per heavy atom. The minimum atomic E-state index is -4.21. The van der Waals surface area contributed by atoms with Gasteiger partial charge in [0.15, 0.2) is 11.5 Å². The zero-order chi connectivity index (χ0) is 43.6. The van der Waals surface area contributed by atoms with Gasteiger partial charge in [-0.1, -0.05) is 27.4 Å². The molecule has 0 saturated carbocycles. The van der Waals surface area contributed by atoms with Gasteiger partial charge in [0.25, 0.3) is 0 Å². The fourth-order valence-electron chi connectivity index (χ4n) is 3.26. The first kappa shape index (κ1) is 6.85. The monoisotopic (exact) mass is 443 g/mol. The Bertz CT molecular complexity index is 1620. The number of hydrogen-bond donors (Lipinski definition) is 1. The van der Waals surface area contributed by atoms with Crippen molar-refractivity contribution < 1.29 is 53.3 Å². The third-order valence-electron chi connectivity index (χ3n) is 4.68. The lowest BCUT2D eigenvalue weighted by molar-refractivity contribution is -0.160. The Labute approximate surface area is 216 Å². The molecule has 168 valence electrons. The second kappa shape index (κ2) is 9.56. The summed E-state index contributed by atoms with van der Waals surface area (Å²) >= 11 is 0. The highest BCUT2D eigenvalue weighted by Crippen LogP contribution is 2.44. The van der Waals surface area contributed by atoms with Gasteiger partial charge in [-0.05, 0) is 47.8 Å². The van der Waals surface area contributed by atoms with Crippen molar-refractivity contribution in [2.24, 2.45) is 23.4 Å². The van der Waals surface area contributed by atoms with Crippen molar-refractivity contribution >= 4 is 5.97 Å². The summed E-state index contributed by atoms with van der Waals surface area (Å²) in [4.78, 5) is 14.1. The van der Waals surface area contributed by atoms with Crippen molar-refractivity contribution in [3.8, 4) is 11.5 Å². The van der Waals surface area contributed by atoms with Gasteiger partial charge in [0.05, 0.1) is 21.0 Å². The van der Waals surface area contributed by atoms with E-state index in [1.54, 1.807) is 0 Å². The molecule has 1 fully saturated rings. The lowest BCUT2D eigenvalue weighted by atomic mass is 9.79. The molecule has 4 atom stereocenters. The van der Waals surface area contributed by atoms with E-state index < -0.39 is 131 Å². The zero-order valence-electron chi connectivity index (χ0n) is 40.9. The number of piperidine rings is 1. The summed E-state index contributed by atoms with van der Waals surface area (Å²) in [5.41, 5.74) is 4.31. The lowest BCUT2D eigenvalue weighted by Gasteiger charge is -2.47. The van der Waals surface area contributed by atoms with Crippen molar-refractivity contribution in [3.63, 3.8) is 0 Å². The maximum Gasteiger partial charge on any atom is 0.323 e. The number of esters is 1. The maximum atomic E-state index is 13.8. The minimum Gasteiger partial charge on any atom is -0.493 e. The average molecular weight is 444 g/mol. The zero-order valence-corrected chi connectivity index (χ0v) is 15.9. The van der Waals surface area contributed by atoms with E-state index >= 15 is 0 Å². The summed E-state index contributed by atoms with van der Waals surface area (Å²) in [5, 5.41) is 0. The standard InChI is InChI=1S/C24H38N2O4/c1-14(2)9-17-13-26-8-7-16-10-21(28-5)22(29-6)11-18(16)19(26)12-20(17)30-24(27)23(25)15(3)4/h10-11,14-15,17,19-20,23H,7-9,12-13,25H2,1-6H3/t17?,19?,20?,23-/m0/s1/i1D3,2D3,3D3,4D3,6D3,7D2,8D2,9D2,14D,15D,19D,23D. The molecule has 6 heteroatoms. The van der Waals surface area contributed by atoms with Gasteiger partial charge in [-0.15, -0.1) is 0 Å². The van der Waals surface area contributed by atoms with Crippen LogP contribution in [-0.2, 0) is 15.9 Å². The molecular formula is C24H38N2O4. The second-order valence-corrected chi connectivity index (χ2v) is 6.51. The molecule has 6 nitrogen and oxygen atoms in total. The molecule has 3 unspecified atom stereocenters. The van der Waals surface area contributed by atoms with Crippen LogP contribution in [0.3, 0.4) is 0 Å². The molecular weight excluding hydrogens is 380 g/mol. The smallest absolute Gasteiger partial charge is 0.323 e. The SMILES string of the molecule is [2H]C([2H])([2H])Oc1cc2c(cc1OC)C([2H])([2H])C([2H])([2H])N1CC(C([2H])([2H])C([2H])(C([2H])([2H])[2H])C([2H])([2H])[2H])C(OC(=O)[C@@]([2H])(N)C([2H])(C([2H])([2H])[2H])C([2H])([2H])[2H])CC21[2H]. The predicted molar refractivity (Wildman–Crippen MR) is 118 cm³/mol. The average Bonchev–Trinajstić information content (AvgIpc) is 2.95. The molecule has 0 radical (unpaired) electrons. The molecule has 0 amide bonds. The number of aryl methyl sites for hydroxylation is 1. The van der Waals surface area contributed by atoms with Gasteiger partial charge < -0.3 is 19.9 Å². The molecule has 2 aliphatic heterocycles. The highest BCUT2D eigenvalue weighted by molar-refractivity contribution is 5.76. The van der Waals surface area contributed by atoms with E-state index in [0.29, 0.717) is 0 Å². The highest BCUT2D eigenvalue weighted by atomic mass is 16.5. The summed E-state index contributed by atoms with van der Waals surface area (Å²) in [5.74, 6) is -14.6. The largest absolute Gasteiger partial charge is 0.493 e. The van der Waals surface area contributed by atoms with Gasteiger partial charge in [-0.25, -0.2) is 0 Å². The Kier molecular flexibility index (Phi) is 2.18. The molecule has 1 aromatic rings. The molecule has 0 aromatic heterocycles. The second-order valence-electron chi connectivity index (χ2n) is 6.51. The maximum absolute atomic E-state index is 13.8. The van der Waals surface area contributed by atoms with Gasteiger partial charge in [0, 0.05) is 58.8 Å². The number of hydrogen-bond acceptors (Lipinski definition) is 6. The first-order chi connectivity index (χ1) is 24.0. The number of nitrogens with two attached hydrogens (primary N) is 1. The van der Waals surface area contributed by atoms with Crippen LogP contribution in [0.5, 0.6) is 11.5 Å². The third-order valence-corrected chi connectivity index (χ3v) is 4.68. The van der Waals surface area contributed by atoms with Crippen LogP contribution < -0.4 is 15.2 Å². The van der Waals surface area contributed by atoms with E-state index in [9.17, 15) is 6.17 Å². The van der Waals surface area contributed by atoms with Gasteiger partial charge in [0.2, 0.25) is 0 Å². The number of nitrogens with zero attached hydrogens (tertiary/aromatic N) is 1. The van der Waals surface area contributed by atoms with E-state index in [1.165, 1.54) is 0 Å². The van der Waals surface area contributed by atoms with Gasteiger partial charge in [-0.3, -0.25) is 9.69 Å². The number of ether oxygens (including phenoxy) is 3. The van der Waals surface area contributed by atoms with E-state index in [-0.39, 0.29) is 4.90 Å². The van der Waals surface area contributed by atoms with Crippen molar-refractivity contribution in [3.05, 3.63) is 23.3 Å². The highest BCUT2D eigenvalue weighted by Gasteiger charge is 2.41. The van der Waals surface area contributed by atoms with Crippen molar-refractivity contribution in [1.82, 2.24) is 4.90 Å². The Morgan fingerprint density at radius 3 is 2.90 bits per heavy atom. The van der Waals surface area contributed by atoms with Crippen LogP contribution in [0.1, 0.15) is 91.6 Å². The first-order valence-corrected chi connectivity index (χ1v) is 8.66. The van der Waals surface area contributed by atoms with Gasteiger partial charge in [-0.2, -0.15) is 0 Å².